The van der Waals surface area contributed by atoms with Crippen LogP contribution in [0, 0.1) is 11.7 Å². The zero-order valence-electron chi connectivity index (χ0n) is 11.0. The average Bonchev–Trinajstić information content (AvgIpc) is 2.85. The van der Waals surface area contributed by atoms with E-state index >= 15 is 0 Å². The molecule has 1 fully saturated rings. The third-order valence-electron chi connectivity index (χ3n) is 3.92. The molecule has 1 aliphatic rings. The highest BCUT2D eigenvalue weighted by Gasteiger charge is 2.21. The second-order valence-electron chi connectivity index (χ2n) is 5.22. The Hall–Kier alpha value is -0.930. The number of hydrogen-bond acceptors (Lipinski definition) is 2. The van der Waals surface area contributed by atoms with E-state index in [1.807, 2.05) is 0 Å². The van der Waals surface area contributed by atoms with Crippen molar-refractivity contribution in [3.05, 3.63) is 35.6 Å². The molecular formula is C15H22FNO. The Morgan fingerprint density at radius 3 is 2.72 bits per heavy atom. The highest BCUT2D eigenvalue weighted by Crippen LogP contribution is 2.22. The van der Waals surface area contributed by atoms with Crippen LogP contribution < -0.4 is 0 Å². The number of hydrogen-bond donors (Lipinski definition) is 1. The van der Waals surface area contributed by atoms with Gasteiger partial charge in [-0.1, -0.05) is 25.5 Å². The van der Waals surface area contributed by atoms with Crippen molar-refractivity contribution in [1.82, 2.24) is 4.90 Å². The Bertz CT molecular complexity index is 365. The van der Waals surface area contributed by atoms with Crippen LogP contribution >= 0.6 is 0 Å². The van der Waals surface area contributed by atoms with Gasteiger partial charge in [0.25, 0.3) is 0 Å². The van der Waals surface area contributed by atoms with Crippen LogP contribution in [0.2, 0.25) is 0 Å². The van der Waals surface area contributed by atoms with E-state index in [1.54, 1.807) is 12.1 Å². The van der Waals surface area contributed by atoms with Gasteiger partial charge in [-0.2, -0.15) is 0 Å². The van der Waals surface area contributed by atoms with Crippen LogP contribution in [0.3, 0.4) is 0 Å². The van der Waals surface area contributed by atoms with Gasteiger partial charge >= 0.3 is 0 Å². The fourth-order valence-corrected chi connectivity index (χ4v) is 2.61. The van der Waals surface area contributed by atoms with E-state index in [4.69, 9.17) is 0 Å². The summed E-state index contributed by atoms with van der Waals surface area (Å²) in [6.45, 7) is 5.47. The predicted octanol–water partition coefficient (Wildman–Crippen LogP) is 2.98. The normalized spacial score (nSPS) is 22.3. The minimum atomic E-state index is -0.480. The van der Waals surface area contributed by atoms with Crippen molar-refractivity contribution in [2.24, 2.45) is 5.92 Å². The van der Waals surface area contributed by atoms with Crippen molar-refractivity contribution < 1.29 is 9.50 Å². The molecule has 0 spiro atoms. The molecule has 100 valence electrons. The number of likely N-dealkylation sites (tertiary alicyclic amines) is 1. The molecular weight excluding hydrogens is 229 g/mol. The van der Waals surface area contributed by atoms with Crippen molar-refractivity contribution >= 4 is 0 Å². The highest BCUT2D eigenvalue weighted by atomic mass is 19.1. The lowest BCUT2D eigenvalue weighted by Crippen LogP contribution is -2.23. The largest absolute Gasteiger partial charge is 0.388 e. The van der Waals surface area contributed by atoms with Crippen LogP contribution in [-0.4, -0.2) is 29.6 Å². The van der Waals surface area contributed by atoms with E-state index < -0.39 is 6.10 Å². The maximum absolute atomic E-state index is 12.8. The smallest absolute Gasteiger partial charge is 0.123 e. The van der Waals surface area contributed by atoms with Crippen LogP contribution in [-0.2, 0) is 0 Å². The van der Waals surface area contributed by atoms with Gasteiger partial charge in [0.2, 0.25) is 0 Å². The first-order valence-electron chi connectivity index (χ1n) is 6.85. The molecule has 2 atom stereocenters. The lowest BCUT2D eigenvalue weighted by atomic mass is 10.1. The molecule has 1 aliphatic heterocycles. The molecule has 0 bridgehead atoms. The molecule has 1 heterocycles. The Morgan fingerprint density at radius 1 is 1.39 bits per heavy atom. The SMILES string of the molecule is CCC1CCN(CCC(O)c2ccc(F)cc2)C1. The number of rotatable bonds is 5. The van der Waals surface area contributed by atoms with Gasteiger partial charge in [-0.05, 0) is 43.0 Å². The van der Waals surface area contributed by atoms with Gasteiger partial charge < -0.3 is 10.0 Å². The quantitative estimate of drug-likeness (QED) is 0.869. The monoisotopic (exact) mass is 251 g/mol. The molecule has 0 aliphatic carbocycles. The van der Waals surface area contributed by atoms with Crippen LogP contribution in [0.1, 0.15) is 37.9 Å². The summed E-state index contributed by atoms with van der Waals surface area (Å²) in [7, 11) is 0. The van der Waals surface area contributed by atoms with Crippen molar-refractivity contribution in [3.8, 4) is 0 Å². The molecule has 0 amide bonds. The Kier molecular flexibility index (Phi) is 4.72. The van der Waals surface area contributed by atoms with Gasteiger partial charge in [0.05, 0.1) is 6.10 Å². The molecule has 0 saturated carbocycles. The first kappa shape index (κ1) is 13.5. The highest BCUT2D eigenvalue weighted by molar-refractivity contribution is 5.18. The maximum atomic E-state index is 12.8. The van der Waals surface area contributed by atoms with Crippen molar-refractivity contribution in [2.45, 2.75) is 32.3 Å². The molecule has 3 heteroatoms. The molecule has 2 nitrogen and oxygen atoms in total. The summed E-state index contributed by atoms with van der Waals surface area (Å²) in [6.07, 6.45) is 2.77. The molecule has 0 aromatic heterocycles. The summed E-state index contributed by atoms with van der Waals surface area (Å²) in [5.74, 6) is 0.573. The number of benzene rings is 1. The van der Waals surface area contributed by atoms with Gasteiger partial charge in [-0.15, -0.1) is 0 Å². The van der Waals surface area contributed by atoms with E-state index in [0.29, 0.717) is 0 Å². The number of halogens is 1. The summed E-state index contributed by atoms with van der Waals surface area (Å²) in [5, 5.41) is 10.0. The summed E-state index contributed by atoms with van der Waals surface area (Å²) in [6, 6.07) is 6.14. The summed E-state index contributed by atoms with van der Waals surface area (Å²) in [5.41, 5.74) is 0.808. The van der Waals surface area contributed by atoms with Gasteiger partial charge in [-0.3, -0.25) is 0 Å². The molecule has 1 N–H and O–H groups in total. The lowest BCUT2D eigenvalue weighted by Gasteiger charge is -2.18. The average molecular weight is 251 g/mol. The Morgan fingerprint density at radius 2 is 2.11 bits per heavy atom. The van der Waals surface area contributed by atoms with E-state index in [-0.39, 0.29) is 5.82 Å². The summed E-state index contributed by atoms with van der Waals surface area (Å²) < 4.78 is 12.8. The van der Waals surface area contributed by atoms with E-state index in [1.165, 1.54) is 25.0 Å². The third-order valence-corrected chi connectivity index (χ3v) is 3.92. The summed E-state index contributed by atoms with van der Waals surface area (Å²) >= 11 is 0. The van der Waals surface area contributed by atoms with Gasteiger partial charge in [-0.25, -0.2) is 4.39 Å². The standard InChI is InChI=1S/C15H22FNO/c1-2-12-7-9-17(11-12)10-8-15(18)13-3-5-14(16)6-4-13/h3-6,12,15,18H,2,7-11H2,1H3. The Labute approximate surface area is 108 Å². The van der Waals surface area contributed by atoms with Gasteiger partial charge in [0.1, 0.15) is 5.82 Å². The molecule has 1 aromatic carbocycles. The topological polar surface area (TPSA) is 23.5 Å². The third kappa shape index (κ3) is 3.53. The Balaban J connectivity index is 1.78. The molecule has 2 rings (SSSR count). The summed E-state index contributed by atoms with van der Waals surface area (Å²) in [4.78, 5) is 2.42. The van der Waals surface area contributed by atoms with Crippen molar-refractivity contribution in [1.29, 1.82) is 0 Å². The second-order valence-corrected chi connectivity index (χ2v) is 5.22. The van der Waals surface area contributed by atoms with E-state index in [0.717, 1.165) is 37.5 Å². The molecule has 2 unspecified atom stereocenters. The second kappa shape index (κ2) is 6.30. The van der Waals surface area contributed by atoms with E-state index in [2.05, 4.69) is 11.8 Å². The lowest BCUT2D eigenvalue weighted by molar-refractivity contribution is 0.147. The molecule has 0 radical (unpaired) electrons. The molecule has 1 aromatic rings. The van der Waals surface area contributed by atoms with E-state index in [9.17, 15) is 9.50 Å². The zero-order valence-corrected chi connectivity index (χ0v) is 11.0. The number of aliphatic hydroxyl groups is 1. The molecule has 1 saturated heterocycles. The van der Waals surface area contributed by atoms with Crippen LogP contribution in [0.4, 0.5) is 4.39 Å². The minimum Gasteiger partial charge on any atom is -0.388 e. The number of nitrogens with zero attached hydrogens (tertiary/aromatic N) is 1. The maximum Gasteiger partial charge on any atom is 0.123 e. The molecule has 18 heavy (non-hydrogen) atoms. The first-order chi connectivity index (χ1) is 8.69. The van der Waals surface area contributed by atoms with Crippen molar-refractivity contribution in [2.75, 3.05) is 19.6 Å². The fourth-order valence-electron chi connectivity index (χ4n) is 2.61. The van der Waals surface area contributed by atoms with Gasteiger partial charge in [0.15, 0.2) is 0 Å². The fraction of sp³-hybridized carbons (Fsp3) is 0.600. The zero-order chi connectivity index (χ0) is 13.0. The minimum absolute atomic E-state index is 0.253. The van der Waals surface area contributed by atoms with Crippen LogP contribution in [0.25, 0.3) is 0 Å². The van der Waals surface area contributed by atoms with Gasteiger partial charge in [0, 0.05) is 13.1 Å². The predicted molar refractivity (Wildman–Crippen MR) is 70.8 cm³/mol. The van der Waals surface area contributed by atoms with Crippen LogP contribution in [0.15, 0.2) is 24.3 Å². The first-order valence-corrected chi connectivity index (χ1v) is 6.85. The van der Waals surface area contributed by atoms with Crippen LogP contribution in [0.5, 0.6) is 0 Å². The van der Waals surface area contributed by atoms with Crippen molar-refractivity contribution in [3.63, 3.8) is 0 Å². The number of aliphatic hydroxyl groups excluding tert-OH is 1.